The summed E-state index contributed by atoms with van der Waals surface area (Å²) in [5.41, 5.74) is 2.73. The maximum atomic E-state index is 3.91. The minimum Gasteiger partial charge on any atom is -0.150 e. The van der Waals surface area contributed by atoms with E-state index in [0.29, 0.717) is 0 Å². The Kier molecular flexibility index (Phi) is 0.947. The number of benzene rings is 1. The minimum atomic E-state index is 0.760. The average Bonchev–Trinajstić information content (AvgIpc) is 2.34. The lowest BCUT2D eigenvalue weighted by molar-refractivity contribution is 1.32. The lowest BCUT2D eigenvalue weighted by Crippen LogP contribution is -1.70. The summed E-state index contributed by atoms with van der Waals surface area (Å²) in [6, 6.07) is 7.80. The van der Waals surface area contributed by atoms with E-state index in [0.717, 1.165) is 16.9 Å². The molecule has 2 rings (SSSR count). The fraction of sp³-hybridized carbons (Fsp3) is 0. The summed E-state index contributed by atoms with van der Waals surface area (Å²) in [5, 5.41) is 7.74. The Morgan fingerprint density at radius 1 is 1.10 bits per heavy atom. The molecule has 1 aliphatic rings. The van der Waals surface area contributed by atoms with E-state index in [4.69, 9.17) is 0 Å². The predicted octanol–water partition coefficient (Wildman–Crippen LogP) is 2.75. The molecule has 2 heteroatoms. The molecule has 0 radical (unpaired) electrons. The van der Waals surface area contributed by atoms with Crippen LogP contribution >= 0.6 is 0 Å². The lowest BCUT2D eigenvalue weighted by atomic mass is 10.1. The van der Waals surface area contributed by atoms with Crippen LogP contribution in [0, 0.1) is 0 Å². The molecular weight excluding hydrogens is 124 g/mol. The summed E-state index contributed by atoms with van der Waals surface area (Å²) in [6.45, 7) is 3.74. The Hall–Kier alpha value is -1.44. The highest BCUT2D eigenvalue weighted by Crippen LogP contribution is 2.32. The highest BCUT2D eigenvalue weighted by molar-refractivity contribution is 5.75. The van der Waals surface area contributed by atoms with E-state index >= 15 is 0 Å². The van der Waals surface area contributed by atoms with Crippen LogP contribution in [0.2, 0.25) is 0 Å². The van der Waals surface area contributed by atoms with Crippen LogP contribution in [-0.2, 0) is 0 Å². The molecule has 0 bridgehead atoms. The van der Waals surface area contributed by atoms with Crippen molar-refractivity contribution in [3.05, 3.63) is 36.4 Å². The second kappa shape index (κ2) is 1.77. The largest absolute Gasteiger partial charge is 0.150 e. The molecule has 0 fully saturated rings. The number of hydrogen-bond acceptors (Lipinski definition) is 2. The van der Waals surface area contributed by atoms with Gasteiger partial charge in [0.1, 0.15) is 0 Å². The van der Waals surface area contributed by atoms with Gasteiger partial charge in [0.2, 0.25) is 0 Å². The highest BCUT2D eigenvalue weighted by atomic mass is 15.1. The van der Waals surface area contributed by atoms with E-state index in [1.807, 2.05) is 24.3 Å². The zero-order valence-corrected chi connectivity index (χ0v) is 5.41. The van der Waals surface area contributed by atoms with Crippen LogP contribution in [0.25, 0.3) is 5.70 Å². The zero-order chi connectivity index (χ0) is 6.97. The predicted molar refractivity (Wildman–Crippen MR) is 40.0 cm³/mol. The summed E-state index contributed by atoms with van der Waals surface area (Å²) in [6.07, 6.45) is 0. The third kappa shape index (κ3) is 0.589. The Balaban J connectivity index is 2.70. The number of nitrogens with zero attached hydrogens (tertiary/aromatic N) is 2. The van der Waals surface area contributed by atoms with Crippen LogP contribution in [0.1, 0.15) is 5.56 Å². The van der Waals surface area contributed by atoms with Gasteiger partial charge in [-0.2, -0.15) is 5.11 Å². The fourth-order valence-corrected chi connectivity index (χ4v) is 0.973. The first kappa shape index (κ1) is 5.35. The molecule has 0 aromatic heterocycles. The van der Waals surface area contributed by atoms with E-state index in [1.165, 1.54) is 0 Å². The van der Waals surface area contributed by atoms with Crippen molar-refractivity contribution in [1.82, 2.24) is 0 Å². The monoisotopic (exact) mass is 130 g/mol. The quantitative estimate of drug-likeness (QED) is 0.516. The van der Waals surface area contributed by atoms with Crippen molar-refractivity contribution in [2.24, 2.45) is 10.2 Å². The molecule has 0 N–H and O–H groups in total. The third-order valence-corrected chi connectivity index (χ3v) is 1.49. The van der Waals surface area contributed by atoms with Crippen molar-refractivity contribution in [2.75, 3.05) is 0 Å². The molecule has 0 amide bonds. The Labute approximate surface area is 58.9 Å². The molecule has 1 aliphatic heterocycles. The first-order valence-corrected chi connectivity index (χ1v) is 3.08. The number of rotatable bonds is 0. The van der Waals surface area contributed by atoms with Crippen LogP contribution < -0.4 is 0 Å². The molecular formula is C8H6N2. The van der Waals surface area contributed by atoms with Crippen molar-refractivity contribution in [3.63, 3.8) is 0 Å². The standard InChI is InChI=1S/C8H6N2/c1-6-7-4-2-3-5-8(7)10-9-6/h2-5H,1H2. The maximum absolute atomic E-state index is 3.91. The molecule has 0 spiro atoms. The maximum Gasteiger partial charge on any atom is 0.0951 e. The Morgan fingerprint density at radius 2 is 1.90 bits per heavy atom. The van der Waals surface area contributed by atoms with Gasteiger partial charge >= 0.3 is 0 Å². The van der Waals surface area contributed by atoms with Crippen molar-refractivity contribution in [3.8, 4) is 0 Å². The lowest BCUT2D eigenvalue weighted by Gasteiger charge is -1.91. The summed E-state index contributed by atoms with van der Waals surface area (Å²) < 4.78 is 0. The van der Waals surface area contributed by atoms with Gasteiger partial charge < -0.3 is 0 Å². The van der Waals surface area contributed by atoms with Gasteiger partial charge in [0.05, 0.1) is 11.4 Å². The van der Waals surface area contributed by atoms with Crippen molar-refractivity contribution in [2.45, 2.75) is 0 Å². The van der Waals surface area contributed by atoms with E-state index in [2.05, 4.69) is 16.8 Å². The molecule has 0 saturated heterocycles. The van der Waals surface area contributed by atoms with Gasteiger partial charge in [0.15, 0.2) is 0 Å². The molecule has 1 heterocycles. The molecule has 0 atom stereocenters. The molecule has 0 saturated carbocycles. The van der Waals surface area contributed by atoms with E-state index in [1.54, 1.807) is 0 Å². The molecule has 1 aromatic rings. The normalized spacial score (nSPS) is 13.8. The van der Waals surface area contributed by atoms with Gasteiger partial charge in [-0.05, 0) is 6.07 Å². The van der Waals surface area contributed by atoms with E-state index in [9.17, 15) is 0 Å². The van der Waals surface area contributed by atoms with Crippen LogP contribution in [0.3, 0.4) is 0 Å². The van der Waals surface area contributed by atoms with Gasteiger partial charge in [-0.3, -0.25) is 0 Å². The first-order valence-electron chi connectivity index (χ1n) is 3.08. The summed E-state index contributed by atoms with van der Waals surface area (Å²) >= 11 is 0. The highest BCUT2D eigenvalue weighted by Gasteiger charge is 2.08. The zero-order valence-electron chi connectivity index (χ0n) is 5.41. The van der Waals surface area contributed by atoms with Gasteiger partial charge in [0, 0.05) is 5.56 Å². The van der Waals surface area contributed by atoms with Crippen LogP contribution in [0.15, 0.2) is 41.1 Å². The molecule has 48 valence electrons. The average molecular weight is 130 g/mol. The van der Waals surface area contributed by atoms with Gasteiger partial charge in [0.25, 0.3) is 0 Å². The third-order valence-electron chi connectivity index (χ3n) is 1.49. The van der Waals surface area contributed by atoms with Crippen molar-refractivity contribution < 1.29 is 0 Å². The Morgan fingerprint density at radius 3 is 2.70 bits per heavy atom. The molecule has 1 aromatic carbocycles. The smallest absolute Gasteiger partial charge is 0.0951 e. The SMILES string of the molecule is C=C1N=Nc2ccccc21. The summed E-state index contributed by atoms with van der Waals surface area (Å²) in [5.74, 6) is 0. The fourth-order valence-electron chi connectivity index (χ4n) is 0.973. The van der Waals surface area contributed by atoms with Gasteiger partial charge in [-0.15, -0.1) is 5.11 Å². The van der Waals surface area contributed by atoms with E-state index in [-0.39, 0.29) is 0 Å². The molecule has 0 unspecified atom stereocenters. The second-order valence-corrected chi connectivity index (χ2v) is 2.16. The van der Waals surface area contributed by atoms with E-state index < -0.39 is 0 Å². The van der Waals surface area contributed by atoms with Crippen LogP contribution in [0.5, 0.6) is 0 Å². The molecule has 10 heavy (non-hydrogen) atoms. The number of fused-ring (bicyclic) bond motifs is 1. The minimum absolute atomic E-state index is 0.760. The topological polar surface area (TPSA) is 24.7 Å². The van der Waals surface area contributed by atoms with Crippen LogP contribution in [0.4, 0.5) is 5.69 Å². The van der Waals surface area contributed by atoms with Gasteiger partial charge in [-0.25, -0.2) is 0 Å². The first-order chi connectivity index (χ1) is 4.88. The summed E-state index contributed by atoms with van der Waals surface area (Å²) in [4.78, 5) is 0. The number of hydrogen-bond donors (Lipinski definition) is 0. The Bertz CT molecular complexity index is 313. The molecule has 0 aliphatic carbocycles. The molecule has 2 nitrogen and oxygen atoms in total. The van der Waals surface area contributed by atoms with Gasteiger partial charge in [-0.1, -0.05) is 24.8 Å². The van der Waals surface area contributed by atoms with Crippen LogP contribution in [-0.4, -0.2) is 0 Å². The second-order valence-electron chi connectivity index (χ2n) is 2.16. The van der Waals surface area contributed by atoms with Crippen molar-refractivity contribution in [1.29, 1.82) is 0 Å². The number of azo groups is 1. The van der Waals surface area contributed by atoms with Crippen molar-refractivity contribution >= 4 is 11.4 Å². The summed E-state index contributed by atoms with van der Waals surface area (Å²) in [7, 11) is 0.